The predicted molar refractivity (Wildman–Crippen MR) is 57.0 cm³/mol. The van der Waals surface area contributed by atoms with E-state index in [1.807, 2.05) is 6.92 Å². The van der Waals surface area contributed by atoms with Gasteiger partial charge in [-0.15, -0.1) is 0 Å². The lowest BCUT2D eigenvalue weighted by molar-refractivity contribution is 0.104. The maximum absolute atomic E-state index is 11.8. The Morgan fingerprint density at radius 3 is 2.67 bits per heavy atom. The summed E-state index contributed by atoms with van der Waals surface area (Å²) in [5.74, 6) is -0.427. The molecule has 0 bridgehead atoms. The number of aryl methyl sites for hydroxylation is 2. The number of carbonyl (C=O) groups excluding carboxylic acids is 1. The summed E-state index contributed by atoms with van der Waals surface area (Å²) in [5.41, 5.74) is 1.82. The van der Waals surface area contributed by atoms with Gasteiger partial charge in [-0.1, -0.05) is 6.07 Å². The molecule has 1 aromatic carbocycles. The van der Waals surface area contributed by atoms with Gasteiger partial charge in [0.2, 0.25) is 0 Å². The van der Waals surface area contributed by atoms with Gasteiger partial charge >= 0.3 is 0 Å². The third-order valence-corrected chi connectivity index (χ3v) is 2.06. The van der Waals surface area contributed by atoms with Gasteiger partial charge in [-0.05, 0) is 43.2 Å². The SMILES string of the molecule is Cc1cc(C)c(C(=O)/C=C/CF)c(O)c1. The van der Waals surface area contributed by atoms with Gasteiger partial charge in [-0.2, -0.15) is 0 Å². The average Bonchev–Trinajstić information content (AvgIpc) is 2.12. The number of ketones is 1. The molecular formula is C12H13FO2. The van der Waals surface area contributed by atoms with Crippen LogP contribution in [0, 0.1) is 13.8 Å². The molecule has 0 saturated carbocycles. The fraction of sp³-hybridized carbons (Fsp3) is 0.250. The molecule has 0 saturated heterocycles. The lowest BCUT2D eigenvalue weighted by Gasteiger charge is -2.06. The second-order valence-corrected chi connectivity index (χ2v) is 3.40. The van der Waals surface area contributed by atoms with E-state index in [4.69, 9.17) is 0 Å². The van der Waals surface area contributed by atoms with Crippen molar-refractivity contribution in [2.75, 3.05) is 6.67 Å². The number of halogens is 1. The first-order valence-corrected chi connectivity index (χ1v) is 4.63. The Balaban J connectivity index is 3.14. The molecule has 1 rings (SSSR count). The summed E-state index contributed by atoms with van der Waals surface area (Å²) < 4.78 is 11.8. The second-order valence-electron chi connectivity index (χ2n) is 3.40. The van der Waals surface area contributed by atoms with E-state index in [0.717, 1.165) is 17.7 Å². The summed E-state index contributed by atoms with van der Waals surface area (Å²) in [5, 5.41) is 9.59. The first-order chi connectivity index (χ1) is 7.06. The molecule has 0 unspecified atom stereocenters. The summed E-state index contributed by atoms with van der Waals surface area (Å²) in [6.07, 6.45) is 2.26. The largest absolute Gasteiger partial charge is 0.507 e. The molecule has 80 valence electrons. The Labute approximate surface area is 88.1 Å². The number of hydrogen-bond donors (Lipinski definition) is 1. The molecule has 0 atom stereocenters. The van der Waals surface area contributed by atoms with Gasteiger partial charge in [-0.25, -0.2) is 4.39 Å². The molecule has 3 heteroatoms. The van der Waals surface area contributed by atoms with Crippen molar-refractivity contribution >= 4 is 5.78 Å². The van der Waals surface area contributed by atoms with E-state index in [0.29, 0.717) is 5.56 Å². The molecule has 0 radical (unpaired) electrons. The van der Waals surface area contributed by atoms with Gasteiger partial charge in [0.1, 0.15) is 12.4 Å². The first kappa shape index (κ1) is 11.4. The summed E-state index contributed by atoms with van der Waals surface area (Å²) in [6.45, 7) is 2.89. The number of allylic oxidation sites excluding steroid dienone is 2. The van der Waals surface area contributed by atoms with Crippen LogP contribution in [-0.2, 0) is 0 Å². The average molecular weight is 208 g/mol. The highest BCUT2D eigenvalue weighted by molar-refractivity contribution is 6.07. The van der Waals surface area contributed by atoms with E-state index in [2.05, 4.69) is 0 Å². The minimum Gasteiger partial charge on any atom is -0.507 e. The Morgan fingerprint density at radius 1 is 1.47 bits per heavy atom. The molecule has 0 aliphatic carbocycles. The fourth-order valence-corrected chi connectivity index (χ4v) is 1.50. The van der Waals surface area contributed by atoms with Crippen molar-refractivity contribution in [1.82, 2.24) is 0 Å². The van der Waals surface area contributed by atoms with E-state index >= 15 is 0 Å². The molecule has 1 N–H and O–H groups in total. The van der Waals surface area contributed by atoms with Crippen molar-refractivity contribution in [1.29, 1.82) is 0 Å². The molecule has 2 nitrogen and oxygen atoms in total. The summed E-state index contributed by atoms with van der Waals surface area (Å²) >= 11 is 0. The van der Waals surface area contributed by atoms with Crippen LogP contribution >= 0.6 is 0 Å². The maximum atomic E-state index is 11.8. The smallest absolute Gasteiger partial charge is 0.189 e. The number of carbonyl (C=O) groups is 1. The van der Waals surface area contributed by atoms with Crippen LogP contribution in [0.15, 0.2) is 24.3 Å². The summed E-state index contributed by atoms with van der Waals surface area (Å²) in [4.78, 5) is 11.5. The highest BCUT2D eigenvalue weighted by Crippen LogP contribution is 2.23. The summed E-state index contributed by atoms with van der Waals surface area (Å²) in [7, 11) is 0. The van der Waals surface area contributed by atoms with Crippen LogP contribution in [0.2, 0.25) is 0 Å². The first-order valence-electron chi connectivity index (χ1n) is 4.63. The van der Waals surface area contributed by atoms with Crippen LogP contribution < -0.4 is 0 Å². The van der Waals surface area contributed by atoms with Crippen molar-refractivity contribution in [2.24, 2.45) is 0 Å². The zero-order valence-corrected chi connectivity index (χ0v) is 8.75. The lowest BCUT2D eigenvalue weighted by atomic mass is 10.0. The van der Waals surface area contributed by atoms with Crippen molar-refractivity contribution in [3.63, 3.8) is 0 Å². The van der Waals surface area contributed by atoms with Crippen LogP contribution in [-0.4, -0.2) is 17.6 Å². The van der Waals surface area contributed by atoms with E-state index in [1.54, 1.807) is 13.0 Å². The maximum Gasteiger partial charge on any atom is 0.189 e. The Hall–Kier alpha value is -1.64. The number of benzene rings is 1. The van der Waals surface area contributed by atoms with E-state index in [9.17, 15) is 14.3 Å². The minimum atomic E-state index is -0.683. The van der Waals surface area contributed by atoms with Crippen LogP contribution in [0.4, 0.5) is 4.39 Å². The molecule has 0 aromatic heterocycles. The molecule has 0 aliphatic heterocycles. The fourth-order valence-electron chi connectivity index (χ4n) is 1.50. The number of hydrogen-bond acceptors (Lipinski definition) is 2. The quantitative estimate of drug-likeness (QED) is 0.612. The molecule has 15 heavy (non-hydrogen) atoms. The molecule has 0 aliphatic rings. The van der Waals surface area contributed by atoms with Gasteiger partial charge in [0.05, 0.1) is 5.56 Å². The topological polar surface area (TPSA) is 37.3 Å². The standard InChI is InChI=1S/C12H13FO2/c1-8-6-9(2)12(11(15)7-8)10(14)4-3-5-13/h3-4,6-7,15H,5H2,1-2H3/b4-3+. The second kappa shape index (κ2) is 4.73. The molecule has 0 spiro atoms. The molecule has 0 amide bonds. The van der Waals surface area contributed by atoms with Crippen molar-refractivity contribution in [2.45, 2.75) is 13.8 Å². The third-order valence-electron chi connectivity index (χ3n) is 2.06. The molecule has 0 heterocycles. The highest BCUT2D eigenvalue weighted by Gasteiger charge is 2.11. The van der Waals surface area contributed by atoms with E-state index in [-0.39, 0.29) is 17.1 Å². The molecule has 0 fully saturated rings. The number of alkyl halides is 1. The zero-order chi connectivity index (χ0) is 11.4. The number of phenolic OH excluding ortho intramolecular Hbond substituents is 1. The van der Waals surface area contributed by atoms with Crippen molar-refractivity contribution in [3.05, 3.63) is 41.0 Å². The van der Waals surface area contributed by atoms with Crippen molar-refractivity contribution < 1.29 is 14.3 Å². The number of aromatic hydroxyl groups is 1. The molecular weight excluding hydrogens is 195 g/mol. The van der Waals surface area contributed by atoms with Crippen LogP contribution in [0.25, 0.3) is 0 Å². The number of rotatable bonds is 3. The monoisotopic (exact) mass is 208 g/mol. The van der Waals surface area contributed by atoms with Crippen molar-refractivity contribution in [3.8, 4) is 5.75 Å². The normalized spacial score (nSPS) is 10.9. The summed E-state index contributed by atoms with van der Waals surface area (Å²) in [6, 6.07) is 3.32. The minimum absolute atomic E-state index is 0.0546. The van der Waals surface area contributed by atoms with Crippen LogP contribution in [0.3, 0.4) is 0 Å². The third kappa shape index (κ3) is 2.65. The van der Waals surface area contributed by atoms with E-state index in [1.165, 1.54) is 6.07 Å². The molecule has 1 aromatic rings. The van der Waals surface area contributed by atoms with Gasteiger partial charge in [0.25, 0.3) is 0 Å². The Morgan fingerprint density at radius 2 is 2.13 bits per heavy atom. The lowest BCUT2D eigenvalue weighted by Crippen LogP contribution is -1.99. The zero-order valence-electron chi connectivity index (χ0n) is 8.75. The number of phenols is 1. The predicted octanol–water partition coefficient (Wildman–Crippen LogP) is 2.72. The Kier molecular flexibility index (Phi) is 3.61. The van der Waals surface area contributed by atoms with Gasteiger partial charge < -0.3 is 5.11 Å². The van der Waals surface area contributed by atoms with Crippen LogP contribution in [0.1, 0.15) is 21.5 Å². The van der Waals surface area contributed by atoms with Gasteiger partial charge in [-0.3, -0.25) is 4.79 Å². The Bertz CT molecular complexity index is 385. The van der Waals surface area contributed by atoms with Gasteiger partial charge in [0.15, 0.2) is 5.78 Å². The van der Waals surface area contributed by atoms with Gasteiger partial charge in [0, 0.05) is 0 Å². The highest BCUT2D eigenvalue weighted by atomic mass is 19.1. The van der Waals surface area contributed by atoms with E-state index < -0.39 is 6.67 Å². The van der Waals surface area contributed by atoms with Crippen LogP contribution in [0.5, 0.6) is 5.75 Å².